The smallest absolute Gasteiger partial charge is 0.251 e. The maximum atomic E-state index is 12.1. The molecule has 0 aliphatic heterocycles. The Labute approximate surface area is 146 Å². The highest BCUT2D eigenvalue weighted by Crippen LogP contribution is 2.29. The van der Waals surface area contributed by atoms with E-state index in [1.54, 1.807) is 12.1 Å². The molecule has 2 amide bonds. The molecular weight excluding hydrogens is 356 g/mol. The summed E-state index contributed by atoms with van der Waals surface area (Å²) in [7, 11) is 0. The summed E-state index contributed by atoms with van der Waals surface area (Å²) >= 11 is 3.34. The van der Waals surface area contributed by atoms with E-state index in [4.69, 9.17) is 0 Å². The molecule has 0 bridgehead atoms. The van der Waals surface area contributed by atoms with E-state index in [1.165, 1.54) is 12.8 Å². The standard InChI is InChI=1S/C18H25BrN2O2/c1-12-4-3-5-16(13(12)2)21-17(22)10-11-20-18(23)14-6-8-15(19)9-7-14/h6-9,12-13,16H,3-5,10-11H2,1-2H3,(H,20,23)(H,21,22)/t12-,13+,16-/m1/s1. The van der Waals surface area contributed by atoms with Gasteiger partial charge in [0, 0.05) is 29.0 Å². The zero-order valence-electron chi connectivity index (χ0n) is 13.8. The summed E-state index contributed by atoms with van der Waals surface area (Å²) in [6, 6.07) is 7.43. The molecule has 2 rings (SSSR count). The molecule has 126 valence electrons. The van der Waals surface area contributed by atoms with E-state index >= 15 is 0 Å². The van der Waals surface area contributed by atoms with Crippen LogP contribution in [0.25, 0.3) is 0 Å². The molecule has 0 radical (unpaired) electrons. The van der Waals surface area contributed by atoms with Crippen molar-refractivity contribution in [2.45, 2.75) is 45.6 Å². The molecule has 1 aromatic rings. The minimum atomic E-state index is -0.148. The highest BCUT2D eigenvalue weighted by Gasteiger charge is 2.27. The van der Waals surface area contributed by atoms with E-state index in [1.807, 2.05) is 12.1 Å². The number of nitrogens with one attached hydrogen (secondary N) is 2. The number of halogens is 1. The average Bonchev–Trinajstić information content (AvgIpc) is 2.52. The third-order valence-corrected chi connectivity index (χ3v) is 5.33. The maximum absolute atomic E-state index is 12.1. The molecule has 5 heteroatoms. The molecule has 0 heterocycles. The predicted octanol–water partition coefficient (Wildman–Crippen LogP) is 3.51. The lowest BCUT2D eigenvalue weighted by atomic mass is 9.78. The highest BCUT2D eigenvalue weighted by atomic mass is 79.9. The van der Waals surface area contributed by atoms with Crippen LogP contribution < -0.4 is 10.6 Å². The van der Waals surface area contributed by atoms with Gasteiger partial charge in [-0.3, -0.25) is 9.59 Å². The van der Waals surface area contributed by atoms with Crippen molar-refractivity contribution in [3.8, 4) is 0 Å². The summed E-state index contributed by atoms with van der Waals surface area (Å²) in [4.78, 5) is 24.0. The van der Waals surface area contributed by atoms with Crippen LogP contribution >= 0.6 is 15.9 Å². The largest absolute Gasteiger partial charge is 0.353 e. The van der Waals surface area contributed by atoms with Gasteiger partial charge < -0.3 is 10.6 Å². The first kappa shape index (κ1) is 18.0. The number of rotatable bonds is 5. The Morgan fingerprint density at radius 3 is 2.57 bits per heavy atom. The molecule has 1 aromatic carbocycles. The number of benzene rings is 1. The normalized spacial score (nSPS) is 24.0. The monoisotopic (exact) mass is 380 g/mol. The second-order valence-electron chi connectivity index (χ2n) is 6.45. The van der Waals surface area contributed by atoms with Gasteiger partial charge in [0.1, 0.15) is 0 Å². The molecule has 2 N–H and O–H groups in total. The SMILES string of the molecule is C[C@H]1[C@H](C)CCC[C@H]1NC(=O)CCNC(=O)c1ccc(Br)cc1. The minimum absolute atomic E-state index is 0.0204. The van der Waals surface area contributed by atoms with Crippen LogP contribution in [-0.4, -0.2) is 24.4 Å². The first-order valence-corrected chi connectivity index (χ1v) is 9.10. The van der Waals surface area contributed by atoms with Crippen LogP contribution in [0.5, 0.6) is 0 Å². The van der Waals surface area contributed by atoms with E-state index in [-0.39, 0.29) is 17.9 Å². The zero-order valence-corrected chi connectivity index (χ0v) is 15.4. The zero-order chi connectivity index (χ0) is 16.8. The van der Waals surface area contributed by atoms with Gasteiger partial charge in [-0.2, -0.15) is 0 Å². The molecule has 3 atom stereocenters. The van der Waals surface area contributed by atoms with Crippen LogP contribution in [0.3, 0.4) is 0 Å². The summed E-state index contributed by atoms with van der Waals surface area (Å²) < 4.78 is 0.934. The van der Waals surface area contributed by atoms with Crippen LogP contribution in [0.15, 0.2) is 28.7 Å². The van der Waals surface area contributed by atoms with Crippen LogP contribution in [0.4, 0.5) is 0 Å². The Morgan fingerprint density at radius 1 is 1.17 bits per heavy atom. The fourth-order valence-electron chi connectivity index (χ4n) is 3.06. The molecule has 23 heavy (non-hydrogen) atoms. The Kier molecular flexibility index (Phi) is 6.63. The number of carbonyl (C=O) groups is 2. The molecule has 0 saturated heterocycles. The van der Waals surface area contributed by atoms with Crippen LogP contribution in [0.2, 0.25) is 0 Å². The average molecular weight is 381 g/mol. The van der Waals surface area contributed by atoms with Gasteiger partial charge in [0.15, 0.2) is 0 Å². The van der Waals surface area contributed by atoms with Gasteiger partial charge in [-0.25, -0.2) is 0 Å². The molecule has 1 fully saturated rings. The Bertz CT molecular complexity index is 544. The maximum Gasteiger partial charge on any atom is 0.251 e. The molecular formula is C18H25BrN2O2. The van der Waals surface area contributed by atoms with Crippen LogP contribution in [0.1, 0.15) is 49.9 Å². The number of hydrogen-bond acceptors (Lipinski definition) is 2. The second-order valence-corrected chi connectivity index (χ2v) is 7.37. The summed E-state index contributed by atoms with van der Waals surface area (Å²) in [5, 5.41) is 5.92. The lowest BCUT2D eigenvalue weighted by molar-refractivity contribution is -0.122. The van der Waals surface area contributed by atoms with E-state index < -0.39 is 0 Å². The van der Waals surface area contributed by atoms with Crippen molar-refractivity contribution in [1.82, 2.24) is 10.6 Å². The van der Waals surface area contributed by atoms with Crippen molar-refractivity contribution in [3.63, 3.8) is 0 Å². The third kappa shape index (κ3) is 5.34. The number of amides is 2. The molecule has 1 saturated carbocycles. The molecule has 1 aliphatic rings. The van der Waals surface area contributed by atoms with Crippen molar-refractivity contribution in [3.05, 3.63) is 34.3 Å². The Morgan fingerprint density at radius 2 is 1.87 bits per heavy atom. The van der Waals surface area contributed by atoms with E-state index in [0.29, 0.717) is 30.4 Å². The van der Waals surface area contributed by atoms with Gasteiger partial charge in [-0.1, -0.05) is 42.6 Å². The summed E-state index contributed by atoms with van der Waals surface area (Å²) in [5.74, 6) is 1.05. The first-order chi connectivity index (χ1) is 11.0. The van der Waals surface area contributed by atoms with Gasteiger partial charge in [-0.15, -0.1) is 0 Å². The van der Waals surface area contributed by atoms with Crippen molar-refractivity contribution in [2.75, 3.05) is 6.54 Å². The topological polar surface area (TPSA) is 58.2 Å². The summed E-state index contributed by atoms with van der Waals surface area (Å²) in [6.45, 7) is 4.82. The van der Waals surface area contributed by atoms with Crippen molar-refractivity contribution in [2.24, 2.45) is 11.8 Å². The van der Waals surface area contributed by atoms with Gasteiger partial charge in [0.05, 0.1) is 0 Å². The molecule has 1 aliphatic carbocycles. The van der Waals surface area contributed by atoms with E-state index in [2.05, 4.69) is 40.4 Å². The van der Waals surface area contributed by atoms with Crippen molar-refractivity contribution in [1.29, 1.82) is 0 Å². The lowest BCUT2D eigenvalue weighted by Gasteiger charge is -2.34. The van der Waals surface area contributed by atoms with E-state index in [0.717, 1.165) is 10.9 Å². The van der Waals surface area contributed by atoms with Gasteiger partial charge in [0.2, 0.25) is 5.91 Å². The van der Waals surface area contributed by atoms with Crippen molar-refractivity contribution >= 4 is 27.7 Å². The Balaban J connectivity index is 1.72. The Hall–Kier alpha value is -1.36. The fraction of sp³-hybridized carbons (Fsp3) is 0.556. The molecule has 0 aromatic heterocycles. The number of carbonyl (C=O) groups excluding carboxylic acids is 2. The first-order valence-electron chi connectivity index (χ1n) is 8.30. The van der Waals surface area contributed by atoms with Crippen LogP contribution in [0, 0.1) is 11.8 Å². The predicted molar refractivity (Wildman–Crippen MR) is 95.2 cm³/mol. The summed E-state index contributed by atoms with van der Waals surface area (Å²) in [6.07, 6.45) is 3.80. The quantitative estimate of drug-likeness (QED) is 0.820. The van der Waals surface area contributed by atoms with Gasteiger partial charge in [0.25, 0.3) is 5.91 Å². The highest BCUT2D eigenvalue weighted by molar-refractivity contribution is 9.10. The van der Waals surface area contributed by atoms with Crippen LogP contribution in [-0.2, 0) is 4.79 Å². The van der Waals surface area contributed by atoms with E-state index in [9.17, 15) is 9.59 Å². The fourth-order valence-corrected chi connectivity index (χ4v) is 3.32. The van der Waals surface area contributed by atoms with Gasteiger partial charge >= 0.3 is 0 Å². The molecule has 4 nitrogen and oxygen atoms in total. The molecule has 0 unspecified atom stereocenters. The number of hydrogen-bond donors (Lipinski definition) is 2. The second kappa shape index (κ2) is 8.48. The molecule has 0 spiro atoms. The van der Waals surface area contributed by atoms with Crippen molar-refractivity contribution < 1.29 is 9.59 Å². The van der Waals surface area contributed by atoms with Gasteiger partial charge in [-0.05, 0) is 42.5 Å². The summed E-state index contributed by atoms with van der Waals surface area (Å²) in [5.41, 5.74) is 0.600. The third-order valence-electron chi connectivity index (χ3n) is 4.80. The lowest BCUT2D eigenvalue weighted by Crippen LogP contribution is -2.44. The minimum Gasteiger partial charge on any atom is -0.353 e.